The first kappa shape index (κ1) is 20.5. The molecule has 0 radical (unpaired) electrons. The van der Waals surface area contributed by atoms with Crippen molar-refractivity contribution in [3.63, 3.8) is 0 Å². The minimum absolute atomic E-state index is 0.0731. The second kappa shape index (κ2) is 10.3. The number of hydrogen-bond acceptors (Lipinski definition) is 5. The normalized spacial score (nSPS) is 10.5. The quantitative estimate of drug-likeness (QED) is 0.681. The number of carbonyl (C=O) groups is 2. The van der Waals surface area contributed by atoms with Crippen molar-refractivity contribution < 1.29 is 19.1 Å². The zero-order chi connectivity index (χ0) is 19.6. The van der Waals surface area contributed by atoms with Crippen molar-refractivity contribution >= 4 is 28.9 Å². The summed E-state index contributed by atoms with van der Waals surface area (Å²) in [7, 11) is 0. The van der Waals surface area contributed by atoms with Gasteiger partial charge in [-0.2, -0.15) is 0 Å². The molecule has 1 N–H and O–H groups in total. The third kappa shape index (κ3) is 6.42. The lowest BCUT2D eigenvalue weighted by Gasteiger charge is -2.27. The topological polar surface area (TPSA) is 67.9 Å². The Balaban J connectivity index is 2.01. The van der Waals surface area contributed by atoms with E-state index in [-0.39, 0.29) is 25.2 Å². The van der Waals surface area contributed by atoms with Crippen LogP contribution < -0.4 is 10.2 Å². The average Bonchev–Trinajstić information content (AvgIpc) is 2.67. The van der Waals surface area contributed by atoms with Crippen molar-refractivity contribution in [3.8, 4) is 0 Å². The predicted molar refractivity (Wildman–Crippen MR) is 106 cm³/mol. The number of benzene rings is 2. The largest absolute Gasteiger partial charge is 0.454 e. The summed E-state index contributed by atoms with van der Waals surface area (Å²) in [5.74, 6) is -0.824. The molecule has 0 saturated carbocycles. The van der Waals surface area contributed by atoms with Crippen LogP contribution in [0.2, 0.25) is 0 Å². The van der Waals surface area contributed by atoms with E-state index >= 15 is 0 Å². The number of amides is 1. The van der Waals surface area contributed by atoms with Gasteiger partial charge in [0.2, 0.25) is 0 Å². The van der Waals surface area contributed by atoms with Crippen LogP contribution in [0.3, 0.4) is 0 Å². The molecule has 2 rings (SSSR count). The molecule has 0 spiro atoms. The third-order valence-corrected chi connectivity index (χ3v) is 3.77. The molecule has 0 aliphatic rings. The van der Waals surface area contributed by atoms with Gasteiger partial charge in [-0.15, -0.1) is 0 Å². The van der Waals surface area contributed by atoms with E-state index in [0.29, 0.717) is 6.61 Å². The van der Waals surface area contributed by atoms with Crippen LogP contribution in [-0.2, 0) is 19.1 Å². The van der Waals surface area contributed by atoms with Crippen molar-refractivity contribution in [1.82, 2.24) is 0 Å². The Hall–Kier alpha value is -2.86. The summed E-state index contributed by atoms with van der Waals surface area (Å²) < 4.78 is 9.97. The summed E-state index contributed by atoms with van der Waals surface area (Å²) in [5, 5.41) is 3.30. The van der Waals surface area contributed by atoms with Crippen molar-refractivity contribution in [2.24, 2.45) is 0 Å². The number of carbonyl (C=O) groups excluding carboxylic acids is 2. The lowest BCUT2D eigenvalue weighted by Crippen LogP contribution is -2.40. The van der Waals surface area contributed by atoms with Gasteiger partial charge >= 0.3 is 5.97 Å². The van der Waals surface area contributed by atoms with Gasteiger partial charge in [0.25, 0.3) is 5.91 Å². The number of nitrogens with one attached hydrogen (secondary N) is 1. The molecule has 6 heteroatoms. The summed E-state index contributed by atoms with van der Waals surface area (Å²) in [4.78, 5) is 25.7. The molecular weight excluding hydrogens is 344 g/mol. The van der Waals surface area contributed by atoms with Crippen molar-refractivity contribution in [2.75, 3.05) is 30.0 Å². The highest BCUT2D eigenvalue weighted by atomic mass is 16.6. The number of rotatable bonds is 9. The molecule has 0 aromatic heterocycles. The van der Waals surface area contributed by atoms with Crippen molar-refractivity contribution in [3.05, 3.63) is 54.6 Å². The zero-order valence-corrected chi connectivity index (χ0v) is 16.0. The van der Waals surface area contributed by atoms with Gasteiger partial charge in [0, 0.05) is 29.7 Å². The van der Waals surface area contributed by atoms with E-state index in [0.717, 1.165) is 17.1 Å². The van der Waals surface area contributed by atoms with Gasteiger partial charge in [0.15, 0.2) is 6.61 Å². The standard InChI is InChI=1S/C21H26N2O4/c1-4-26-15-21(25)27-14-20(24)23(16(2)3)19-12-10-18(11-13-19)22-17-8-6-5-7-9-17/h5-13,16,22H,4,14-15H2,1-3H3. The van der Waals surface area contributed by atoms with Crippen LogP contribution in [0.1, 0.15) is 20.8 Å². The SMILES string of the molecule is CCOCC(=O)OCC(=O)N(c1ccc(Nc2ccccc2)cc1)C(C)C. The van der Waals surface area contributed by atoms with Gasteiger partial charge in [-0.25, -0.2) is 4.79 Å². The molecule has 0 heterocycles. The smallest absolute Gasteiger partial charge is 0.332 e. The van der Waals surface area contributed by atoms with E-state index in [9.17, 15) is 9.59 Å². The Bertz CT molecular complexity index is 730. The third-order valence-electron chi connectivity index (χ3n) is 3.77. The number of hydrogen-bond donors (Lipinski definition) is 1. The summed E-state index contributed by atoms with van der Waals surface area (Å²) >= 11 is 0. The van der Waals surface area contributed by atoms with Crippen LogP contribution in [0.15, 0.2) is 54.6 Å². The number of nitrogens with zero attached hydrogens (tertiary/aromatic N) is 1. The molecule has 0 unspecified atom stereocenters. The Labute approximate surface area is 160 Å². The molecule has 2 aromatic carbocycles. The maximum atomic E-state index is 12.5. The van der Waals surface area contributed by atoms with Gasteiger partial charge in [-0.3, -0.25) is 4.79 Å². The van der Waals surface area contributed by atoms with E-state index < -0.39 is 5.97 Å². The maximum absolute atomic E-state index is 12.5. The van der Waals surface area contributed by atoms with Crippen LogP contribution in [0, 0.1) is 0 Å². The minimum Gasteiger partial charge on any atom is -0.454 e. The highest BCUT2D eigenvalue weighted by Crippen LogP contribution is 2.22. The predicted octanol–water partition coefficient (Wildman–Crippen LogP) is 3.75. The van der Waals surface area contributed by atoms with Crippen LogP contribution in [-0.4, -0.2) is 37.7 Å². The van der Waals surface area contributed by atoms with Crippen molar-refractivity contribution in [1.29, 1.82) is 0 Å². The lowest BCUT2D eigenvalue weighted by atomic mass is 10.2. The molecular formula is C21H26N2O4. The Morgan fingerprint density at radius 1 is 0.963 bits per heavy atom. The second-order valence-electron chi connectivity index (χ2n) is 6.19. The van der Waals surface area contributed by atoms with Crippen molar-refractivity contribution in [2.45, 2.75) is 26.8 Å². The van der Waals surface area contributed by atoms with Crippen LogP contribution in [0.5, 0.6) is 0 Å². The van der Waals surface area contributed by atoms with E-state index in [1.54, 1.807) is 11.8 Å². The van der Waals surface area contributed by atoms with E-state index in [1.807, 2.05) is 68.4 Å². The van der Waals surface area contributed by atoms with Gasteiger partial charge in [0.1, 0.15) is 6.61 Å². The summed E-state index contributed by atoms with van der Waals surface area (Å²) in [5.41, 5.74) is 2.65. The summed E-state index contributed by atoms with van der Waals surface area (Å²) in [6, 6.07) is 17.3. The fraction of sp³-hybridized carbons (Fsp3) is 0.333. The van der Waals surface area contributed by atoms with Crippen LogP contribution in [0.4, 0.5) is 17.1 Å². The summed E-state index contributed by atoms with van der Waals surface area (Å²) in [6.07, 6.45) is 0. The first-order chi connectivity index (χ1) is 13.0. The number of esters is 1. The lowest BCUT2D eigenvalue weighted by molar-refractivity contribution is -0.152. The molecule has 0 fully saturated rings. The van der Waals surface area contributed by atoms with Crippen LogP contribution >= 0.6 is 0 Å². The molecule has 0 aliphatic heterocycles. The molecule has 2 aromatic rings. The molecule has 27 heavy (non-hydrogen) atoms. The number of para-hydroxylation sites is 1. The van der Waals surface area contributed by atoms with Gasteiger partial charge in [-0.1, -0.05) is 18.2 Å². The highest BCUT2D eigenvalue weighted by molar-refractivity contribution is 5.95. The van der Waals surface area contributed by atoms with E-state index in [2.05, 4.69) is 5.32 Å². The fourth-order valence-corrected chi connectivity index (χ4v) is 2.56. The van der Waals surface area contributed by atoms with Crippen LogP contribution in [0.25, 0.3) is 0 Å². The number of ether oxygens (including phenoxy) is 2. The average molecular weight is 370 g/mol. The molecule has 0 bridgehead atoms. The molecule has 1 amide bonds. The first-order valence-corrected chi connectivity index (χ1v) is 8.98. The highest BCUT2D eigenvalue weighted by Gasteiger charge is 2.20. The molecule has 0 aliphatic carbocycles. The molecule has 144 valence electrons. The zero-order valence-electron chi connectivity index (χ0n) is 16.0. The van der Waals surface area contributed by atoms with E-state index in [1.165, 1.54) is 0 Å². The number of anilines is 3. The van der Waals surface area contributed by atoms with E-state index in [4.69, 9.17) is 9.47 Å². The maximum Gasteiger partial charge on any atom is 0.332 e. The second-order valence-corrected chi connectivity index (χ2v) is 6.19. The fourth-order valence-electron chi connectivity index (χ4n) is 2.56. The van der Waals surface area contributed by atoms with Gasteiger partial charge in [0.05, 0.1) is 0 Å². The molecule has 0 saturated heterocycles. The Kier molecular flexibility index (Phi) is 7.82. The van der Waals surface area contributed by atoms with Gasteiger partial charge in [-0.05, 0) is 57.2 Å². The Morgan fingerprint density at radius 2 is 1.59 bits per heavy atom. The summed E-state index contributed by atoms with van der Waals surface area (Å²) in [6.45, 7) is 5.57. The monoisotopic (exact) mass is 370 g/mol. The molecule has 6 nitrogen and oxygen atoms in total. The first-order valence-electron chi connectivity index (χ1n) is 8.98. The Morgan fingerprint density at radius 3 is 2.19 bits per heavy atom. The molecule has 0 atom stereocenters. The van der Waals surface area contributed by atoms with Gasteiger partial charge < -0.3 is 19.7 Å². The minimum atomic E-state index is -0.545.